The molecule has 0 saturated heterocycles. The lowest BCUT2D eigenvalue weighted by Gasteiger charge is -2.06. The van der Waals surface area contributed by atoms with Crippen LogP contribution in [-0.2, 0) is 0 Å². The Morgan fingerprint density at radius 3 is 2.92 bits per heavy atom. The quantitative estimate of drug-likeness (QED) is 0.724. The molecule has 0 aliphatic carbocycles. The van der Waals surface area contributed by atoms with E-state index in [1.54, 1.807) is 12.1 Å². The number of anilines is 1. The van der Waals surface area contributed by atoms with Crippen molar-refractivity contribution in [3.05, 3.63) is 28.8 Å². The third-order valence-corrected chi connectivity index (χ3v) is 1.98. The fourth-order valence-electron chi connectivity index (χ4n) is 0.879. The van der Waals surface area contributed by atoms with Crippen molar-refractivity contribution in [3.8, 4) is 6.07 Å². The van der Waals surface area contributed by atoms with Crippen molar-refractivity contribution in [1.29, 1.82) is 5.26 Å². The number of thiocarbonyl (C=S) groups is 1. The number of benzene rings is 1. The van der Waals surface area contributed by atoms with E-state index in [-0.39, 0.29) is 4.99 Å². The number of rotatable bonds is 1. The lowest BCUT2D eigenvalue weighted by atomic mass is 10.2. The van der Waals surface area contributed by atoms with E-state index in [2.05, 4.69) is 5.32 Å². The van der Waals surface area contributed by atoms with E-state index in [4.69, 9.17) is 29.1 Å². The summed E-state index contributed by atoms with van der Waals surface area (Å²) in [4.78, 5) is 0.144. The maximum Gasteiger partial charge on any atom is 0.182 e. The van der Waals surface area contributed by atoms with E-state index in [9.17, 15) is 0 Å². The van der Waals surface area contributed by atoms with Gasteiger partial charge in [-0.05, 0) is 36.8 Å². The Morgan fingerprint density at radius 2 is 2.31 bits per heavy atom. The summed E-state index contributed by atoms with van der Waals surface area (Å²) in [5.74, 6) is 0. The molecule has 66 valence electrons. The molecule has 1 aromatic carbocycles. The molecule has 0 atom stereocenters. The van der Waals surface area contributed by atoms with Crippen LogP contribution in [0.3, 0.4) is 0 Å². The highest BCUT2D eigenvalue weighted by atomic mass is 35.5. The van der Waals surface area contributed by atoms with E-state index in [0.717, 1.165) is 11.3 Å². The molecule has 0 fully saturated rings. The Kier molecular flexibility index (Phi) is 3.24. The minimum atomic E-state index is 0.144. The summed E-state index contributed by atoms with van der Waals surface area (Å²) in [7, 11) is 0. The third-order valence-electron chi connectivity index (χ3n) is 1.55. The number of nitrogens with one attached hydrogen (secondary N) is 1. The second-order valence-electron chi connectivity index (χ2n) is 2.53. The van der Waals surface area contributed by atoms with Gasteiger partial charge in [-0.2, -0.15) is 5.26 Å². The van der Waals surface area contributed by atoms with Gasteiger partial charge in [-0.3, -0.25) is 0 Å². The Morgan fingerprint density at radius 1 is 1.62 bits per heavy atom. The average Bonchev–Trinajstić information content (AvgIpc) is 2.11. The molecule has 1 aromatic rings. The molecule has 0 aliphatic heterocycles. The zero-order valence-corrected chi connectivity index (χ0v) is 8.54. The first-order valence-corrected chi connectivity index (χ1v) is 4.39. The molecule has 0 spiro atoms. The Hall–Kier alpha value is -1.11. The summed E-state index contributed by atoms with van der Waals surface area (Å²) in [5.41, 5.74) is 1.78. The molecule has 0 radical (unpaired) electrons. The van der Waals surface area contributed by atoms with E-state index in [0.29, 0.717) is 5.02 Å². The summed E-state index contributed by atoms with van der Waals surface area (Å²) in [6.45, 7) is 1.92. The van der Waals surface area contributed by atoms with Crippen LogP contribution in [0.1, 0.15) is 5.56 Å². The maximum absolute atomic E-state index is 8.47. The van der Waals surface area contributed by atoms with Gasteiger partial charge in [-0.25, -0.2) is 0 Å². The molecule has 0 aliphatic rings. The van der Waals surface area contributed by atoms with Gasteiger partial charge in [0, 0.05) is 10.7 Å². The highest BCUT2D eigenvalue weighted by molar-refractivity contribution is 7.81. The van der Waals surface area contributed by atoms with Crippen LogP contribution in [0.15, 0.2) is 18.2 Å². The zero-order chi connectivity index (χ0) is 9.84. The summed E-state index contributed by atoms with van der Waals surface area (Å²) < 4.78 is 0. The van der Waals surface area contributed by atoms with Gasteiger partial charge in [0.25, 0.3) is 0 Å². The van der Waals surface area contributed by atoms with Crippen molar-refractivity contribution in [2.45, 2.75) is 6.92 Å². The Labute approximate surface area is 87.1 Å². The van der Waals surface area contributed by atoms with Gasteiger partial charge in [0.2, 0.25) is 0 Å². The Bertz CT molecular complexity index is 382. The summed E-state index contributed by atoms with van der Waals surface area (Å²) in [5, 5.41) is 11.9. The van der Waals surface area contributed by atoms with Gasteiger partial charge in [-0.1, -0.05) is 17.7 Å². The lowest BCUT2D eigenvalue weighted by molar-refractivity contribution is 1.46. The molecule has 0 bridgehead atoms. The predicted octanol–water partition coefficient (Wildman–Crippen LogP) is 2.91. The zero-order valence-electron chi connectivity index (χ0n) is 6.97. The SMILES string of the molecule is Cc1ccc(Cl)cc1NC(=S)C#N. The van der Waals surface area contributed by atoms with Crippen LogP contribution in [0.25, 0.3) is 0 Å². The fourth-order valence-corrected chi connectivity index (χ4v) is 1.16. The predicted molar refractivity (Wildman–Crippen MR) is 58.0 cm³/mol. The maximum atomic E-state index is 8.47. The van der Waals surface area contributed by atoms with Crippen molar-refractivity contribution in [3.63, 3.8) is 0 Å². The van der Waals surface area contributed by atoms with E-state index in [1.807, 2.05) is 19.1 Å². The minimum absolute atomic E-state index is 0.144. The minimum Gasteiger partial charge on any atom is -0.338 e. The summed E-state index contributed by atoms with van der Waals surface area (Å²) >= 11 is 10.5. The van der Waals surface area contributed by atoms with Crippen molar-refractivity contribution < 1.29 is 0 Å². The molecule has 0 amide bonds. The number of hydrogen-bond donors (Lipinski definition) is 1. The molecule has 2 nitrogen and oxygen atoms in total. The van der Waals surface area contributed by atoms with Crippen LogP contribution in [0.5, 0.6) is 0 Å². The number of halogens is 1. The van der Waals surface area contributed by atoms with Crippen molar-refractivity contribution in [2.24, 2.45) is 0 Å². The summed E-state index contributed by atoms with van der Waals surface area (Å²) in [6.07, 6.45) is 0. The largest absolute Gasteiger partial charge is 0.338 e. The molecular formula is C9H7ClN2S. The van der Waals surface area contributed by atoms with Crippen LogP contribution in [0, 0.1) is 18.3 Å². The first kappa shape index (κ1) is 9.97. The number of nitrogens with zero attached hydrogens (tertiary/aromatic N) is 1. The van der Waals surface area contributed by atoms with Crippen molar-refractivity contribution in [2.75, 3.05) is 5.32 Å². The monoisotopic (exact) mass is 210 g/mol. The highest BCUT2D eigenvalue weighted by Crippen LogP contribution is 2.19. The molecular weight excluding hydrogens is 204 g/mol. The lowest BCUT2D eigenvalue weighted by Crippen LogP contribution is -2.06. The van der Waals surface area contributed by atoms with Crippen LogP contribution in [0.2, 0.25) is 5.02 Å². The van der Waals surface area contributed by atoms with Gasteiger partial charge in [-0.15, -0.1) is 0 Å². The van der Waals surface area contributed by atoms with Crippen LogP contribution in [0.4, 0.5) is 5.69 Å². The van der Waals surface area contributed by atoms with Gasteiger partial charge in [0.1, 0.15) is 6.07 Å². The molecule has 13 heavy (non-hydrogen) atoms. The van der Waals surface area contributed by atoms with E-state index < -0.39 is 0 Å². The van der Waals surface area contributed by atoms with Crippen LogP contribution in [-0.4, -0.2) is 4.99 Å². The average molecular weight is 211 g/mol. The number of aryl methyl sites for hydroxylation is 1. The molecule has 4 heteroatoms. The van der Waals surface area contributed by atoms with Gasteiger partial charge in [0.15, 0.2) is 4.99 Å². The fraction of sp³-hybridized carbons (Fsp3) is 0.111. The number of hydrogen-bond acceptors (Lipinski definition) is 2. The first-order chi connectivity index (χ1) is 6.13. The molecule has 0 saturated carbocycles. The second-order valence-corrected chi connectivity index (χ2v) is 3.37. The third kappa shape index (κ3) is 2.69. The van der Waals surface area contributed by atoms with Crippen molar-refractivity contribution >= 4 is 34.5 Å². The smallest absolute Gasteiger partial charge is 0.182 e. The van der Waals surface area contributed by atoms with Crippen LogP contribution >= 0.6 is 23.8 Å². The van der Waals surface area contributed by atoms with Gasteiger partial charge in [0.05, 0.1) is 0 Å². The number of nitriles is 1. The molecule has 0 aromatic heterocycles. The van der Waals surface area contributed by atoms with Gasteiger partial charge < -0.3 is 5.32 Å². The van der Waals surface area contributed by atoms with Crippen molar-refractivity contribution in [1.82, 2.24) is 0 Å². The first-order valence-electron chi connectivity index (χ1n) is 3.60. The highest BCUT2D eigenvalue weighted by Gasteiger charge is 2.00. The molecule has 1 rings (SSSR count). The van der Waals surface area contributed by atoms with E-state index >= 15 is 0 Å². The van der Waals surface area contributed by atoms with Crippen LogP contribution < -0.4 is 5.32 Å². The van der Waals surface area contributed by atoms with E-state index in [1.165, 1.54) is 0 Å². The van der Waals surface area contributed by atoms with Gasteiger partial charge >= 0.3 is 0 Å². The topological polar surface area (TPSA) is 35.8 Å². The second kappa shape index (κ2) is 4.22. The summed E-state index contributed by atoms with van der Waals surface area (Å²) in [6, 6.07) is 7.23. The standard InChI is InChI=1S/C9H7ClN2S/c1-6-2-3-7(10)4-8(6)12-9(13)5-11/h2-4H,1H3,(H,12,13). The Balaban J connectivity index is 2.95. The molecule has 0 heterocycles. The molecule has 1 N–H and O–H groups in total. The molecule has 0 unspecified atom stereocenters. The normalized spacial score (nSPS) is 9.00.